The van der Waals surface area contributed by atoms with Crippen molar-refractivity contribution >= 4 is 34.4 Å². The first-order valence-corrected chi connectivity index (χ1v) is 5.69. The quantitative estimate of drug-likeness (QED) is 0.890. The Labute approximate surface area is 104 Å². The van der Waals surface area contributed by atoms with Crippen LogP contribution in [0.25, 0.3) is 11.0 Å². The fourth-order valence-electron chi connectivity index (χ4n) is 1.32. The largest absolute Gasteiger partial charge is 0.308 e. The van der Waals surface area contributed by atoms with Crippen LogP contribution in [0, 0.1) is 5.92 Å². The standard InChI is InChI=1S/C12H12ClN3O/c1-7(2)12(17)16-11-10(13)14-8-5-3-4-6-9(8)15-11/h3-7H,1-2H3,(H,15,16,17). The van der Waals surface area contributed by atoms with Gasteiger partial charge in [0.1, 0.15) is 0 Å². The molecule has 0 aliphatic rings. The highest BCUT2D eigenvalue weighted by Gasteiger charge is 2.12. The van der Waals surface area contributed by atoms with E-state index in [0.717, 1.165) is 0 Å². The lowest BCUT2D eigenvalue weighted by Crippen LogP contribution is -2.19. The number of anilines is 1. The van der Waals surface area contributed by atoms with Gasteiger partial charge in [0.2, 0.25) is 5.91 Å². The molecule has 0 unspecified atom stereocenters. The average Bonchev–Trinajstić information content (AvgIpc) is 2.29. The number of fused-ring (bicyclic) bond motifs is 1. The molecule has 5 heteroatoms. The molecule has 0 aliphatic heterocycles. The first kappa shape index (κ1) is 11.8. The van der Waals surface area contributed by atoms with Crippen LogP contribution >= 0.6 is 11.6 Å². The zero-order valence-corrected chi connectivity index (χ0v) is 10.3. The highest BCUT2D eigenvalue weighted by molar-refractivity contribution is 6.32. The number of hydrogen-bond donors (Lipinski definition) is 1. The van der Waals surface area contributed by atoms with Crippen molar-refractivity contribution in [2.75, 3.05) is 5.32 Å². The number of carbonyl (C=O) groups excluding carboxylic acids is 1. The molecule has 1 aromatic heterocycles. The summed E-state index contributed by atoms with van der Waals surface area (Å²) in [6.45, 7) is 3.61. The highest BCUT2D eigenvalue weighted by Crippen LogP contribution is 2.21. The van der Waals surface area contributed by atoms with Crippen LogP contribution in [-0.2, 0) is 4.79 Å². The zero-order chi connectivity index (χ0) is 12.4. The number of nitrogens with zero attached hydrogens (tertiary/aromatic N) is 2. The Kier molecular flexibility index (Phi) is 3.24. The summed E-state index contributed by atoms with van der Waals surface area (Å²) in [6.07, 6.45) is 0. The van der Waals surface area contributed by atoms with Crippen molar-refractivity contribution in [2.45, 2.75) is 13.8 Å². The van der Waals surface area contributed by atoms with Gasteiger partial charge in [-0.2, -0.15) is 0 Å². The number of rotatable bonds is 2. The van der Waals surface area contributed by atoms with Crippen LogP contribution in [0.15, 0.2) is 24.3 Å². The van der Waals surface area contributed by atoms with Crippen LogP contribution in [0.5, 0.6) is 0 Å². The number of aromatic nitrogens is 2. The summed E-state index contributed by atoms with van der Waals surface area (Å²) < 4.78 is 0. The monoisotopic (exact) mass is 249 g/mol. The van der Waals surface area contributed by atoms with E-state index in [9.17, 15) is 4.79 Å². The van der Waals surface area contributed by atoms with Gasteiger partial charge in [0, 0.05) is 5.92 Å². The van der Waals surface area contributed by atoms with Crippen LogP contribution in [-0.4, -0.2) is 15.9 Å². The van der Waals surface area contributed by atoms with Crippen molar-refractivity contribution in [3.05, 3.63) is 29.4 Å². The van der Waals surface area contributed by atoms with Crippen molar-refractivity contribution in [1.29, 1.82) is 0 Å². The average molecular weight is 250 g/mol. The SMILES string of the molecule is CC(C)C(=O)Nc1nc2ccccc2nc1Cl. The maximum atomic E-state index is 11.6. The van der Waals surface area contributed by atoms with Crippen LogP contribution in [0.1, 0.15) is 13.8 Å². The molecule has 0 radical (unpaired) electrons. The first-order chi connectivity index (χ1) is 8.08. The fourth-order valence-corrected chi connectivity index (χ4v) is 1.50. The van der Waals surface area contributed by atoms with E-state index < -0.39 is 0 Å². The van der Waals surface area contributed by atoms with Gasteiger partial charge in [-0.3, -0.25) is 4.79 Å². The molecule has 2 rings (SSSR count). The van der Waals surface area contributed by atoms with Crippen LogP contribution in [0.2, 0.25) is 5.15 Å². The molecule has 0 saturated heterocycles. The van der Waals surface area contributed by atoms with E-state index >= 15 is 0 Å². The molecule has 4 nitrogen and oxygen atoms in total. The molecule has 0 saturated carbocycles. The summed E-state index contributed by atoms with van der Waals surface area (Å²) >= 11 is 5.96. The predicted octanol–water partition coefficient (Wildman–Crippen LogP) is 2.88. The topological polar surface area (TPSA) is 54.9 Å². The minimum atomic E-state index is -0.128. The molecule has 1 N–H and O–H groups in total. The Hall–Kier alpha value is -1.68. The molecule has 1 heterocycles. The van der Waals surface area contributed by atoms with E-state index in [4.69, 9.17) is 11.6 Å². The highest BCUT2D eigenvalue weighted by atomic mass is 35.5. The van der Waals surface area contributed by atoms with Gasteiger partial charge in [0.05, 0.1) is 11.0 Å². The lowest BCUT2D eigenvalue weighted by molar-refractivity contribution is -0.118. The Morgan fingerprint density at radius 1 is 1.24 bits per heavy atom. The Morgan fingerprint density at radius 2 is 1.82 bits per heavy atom. The van der Waals surface area contributed by atoms with E-state index in [1.54, 1.807) is 13.8 Å². The number of nitrogens with one attached hydrogen (secondary N) is 1. The van der Waals surface area contributed by atoms with Crippen molar-refractivity contribution in [3.8, 4) is 0 Å². The molecule has 0 atom stereocenters. The van der Waals surface area contributed by atoms with Gasteiger partial charge < -0.3 is 5.32 Å². The van der Waals surface area contributed by atoms with Crippen LogP contribution < -0.4 is 5.32 Å². The maximum absolute atomic E-state index is 11.6. The summed E-state index contributed by atoms with van der Waals surface area (Å²) in [5.41, 5.74) is 1.41. The number of benzene rings is 1. The lowest BCUT2D eigenvalue weighted by Gasteiger charge is -2.08. The van der Waals surface area contributed by atoms with E-state index in [-0.39, 0.29) is 17.0 Å². The normalized spacial score (nSPS) is 10.8. The third kappa shape index (κ3) is 2.53. The molecule has 0 bridgehead atoms. The third-order valence-electron chi connectivity index (χ3n) is 2.29. The van der Waals surface area contributed by atoms with E-state index in [1.807, 2.05) is 24.3 Å². The van der Waals surface area contributed by atoms with Gasteiger partial charge >= 0.3 is 0 Å². The molecule has 1 aromatic carbocycles. The fraction of sp³-hybridized carbons (Fsp3) is 0.250. The smallest absolute Gasteiger partial charge is 0.228 e. The second kappa shape index (κ2) is 4.67. The van der Waals surface area contributed by atoms with E-state index in [1.165, 1.54) is 0 Å². The summed E-state index contributed by atoms with van der Waals surface area (Å²) in [4.78, 5) is 20.0. The molecule has 1 amide bonds. The van der Waals surface area contributed by atoms with E-state index in [2.05, 4.69) is 15.3 Å². The number of hydrogen-bond acceptors (Lipinski definition) is 3. The van der Waals surface area contributed by atoms with Gasteiger partial charge in [0.15, 0.2) is 11.0 Å². The molecule has 17 heavy (non-hydrogen) atoms. The van der Waals surface area contributed by atoms with Crippen molar-refractivity contribution in [3.63, 3.8) is 0 Å². The lowest BCUT2D eigenvalue weighted by atomic mass is 10.2. The number of para-hydroxylation sites is 2. The molecule has 0 aliphatic carbocycles. The zero-order valence-electron chi connectivity index (χ0n) is 9.57. The number of amides is 1. The molecular weight excluding hydrogens is 238 g/mol. The minimum Gasteiger partial charge on any atom is -0.308 e. The van der Waals surface area contributed by atoms with Gasteiger partial charge in [-0.05, 0) is 12.1 Å². The minimum absolute atomic E-state index is 0.126. The molecule has 0 spiro atoms. The predicted molar refractivity (Wildman–Crippen MR) is 68.0 cm³/mol. The van der Waals surface area contributed by atoms with Gasteiger partial charge in [-0.1, -0.05) is 37.6 Å². The molecular formula is C12H12ClN3O. The van der Waals surface area contributed by atoms with Crippen LogP contribution in [0.3, 0.4) is 0 Å². The molecule has 2 aromatic rings. The molecule has 0 fully saturated rings. The second-order valence-corrected chi connectivity index (χ2v) is 4.35. The van der Waals surface area contributed by atoms with Gasteiger partial charge in [-0.25, -0.2) is 9.97 Å². The van der Waals surface area contributed by atoms with Crippen molar-refractivity contribution in [2.24, 2.45) is 5.92 Å². The van der Waals surface area contributed by atoms with E-state index in [0.29, 0.717) is 16.9 Å². The Morgan fingerprint density at radius 3 is 2.41 bits per heavy atom. The Bertz CT molecular complexity index is 569. The summed E-state index contributed by atoms with van der Waals surface area (Å²) in [6, 6.07) is 7.37. The number of carbonyl (C=O) groups is 1. The van der Waals surface area contributed by atoms with Crippen molar-refractivity contribution in [1.82, 2.24) is 9.97 Å². The van der Waals surface area contributed by atoms with Crippen LogP contribution in [0.4, 0.5) is 5.82 Å². The van der Waals surface area contributed by atoms with Gasteiger partial charge in [0.25, 0.3) is 0 Å². The third-order valence-corrected chi connectivity index (χ3v) is 2.56. The summed E-state index contributed by atoms with van der Waals surface area (Å²) in [5, 5.41) is 2.86. The summed E-state index contributed by atoms with van der Waals surface area (Å²) in [7, 11) is 0. The second-order valence-electron chi connectivity index (χ2n) is 4.00. The van der Waals surface area contributed by atoms with Gasteiger partial charge in [-0.15, -0.1) is 0 Å². The van der Waals surface area contributed by atoms with Crippen molar-refractivity contribution < 1.29 is 4.79 Å². The first-order valence-electron chi connectivity index (χ1n) is 5.31. The Balaban J connectivity index is 2.41. The molecule has 88 valence electrons. The summed E-state index contributed by atoms with van der Waals surface area (Å²) in [5.74, 6) is 0.0554. The number of halogens is 1. The maximum Gasteiger partial charge on any atom is 0.228 e.